The summed E-state index contributed by atoms with van der Waals surface area (Å²) in [5.74, 6) is 2.94. The molecule has 1 aliphatic rings. The molecule has 6 rings (SSSR count). The molecule has 1 unspecified atom stereocenters. The number of aromatic nitrogens is 4. The minimum Gasteiger partial charge on any atom is -0.280 e. The highest BCUT2D eigenvalue weighted by Gasteiger charge is 2.29. The first-order valence-electron chi connectivity index (χ1n) is 11.0. The number of hydrogen-bond acceptors (Lipinski definition) is 3. The van der Waals surface area contributed by atoms with Gasteiger partial charge >= 0.3 is 0 Å². The van der Waals surface area contributed by atoms with E-state index in [1.807, 2.05) is 60.7 Å². The maximum Gasteiger partial charge on any atom is 0.162 e. The van der Waals surface area contributed by atoms with E-state index >= 15 is 0 Å². The summed E-state index contributed by atoms with van der Waals surface area (Å²) in [7, 11) is 0. The molecule has 2 aromatic heterocycles. The minimum atomic E-state index is 0.263. The monoisotopic (exact) mass is 448 g/mol. The van der Waals surface area contributed by atoms with Gasteiger partial charge in [0.05, 0.1) is 16.7 Å². The van der Waals surface area contributed by atoms with Crippen molar-refractivity contribution in [2.75, 3.05) is 0 Å². The average molecular weight is 449 g/mol. The molecule has 0 fully saturated rings. The number of hydrogen-bond donors (Lipinski definition) is 0. The zero-order chi connectivity index (χ0) is 22.4. The maximum absolute atomic E-state index is 6.06. The Morgan fingerprint density at radius 2 is 1.61 bits per heavy atom. The number of halogens is 1. The molecule has 3 aromatic carbocycles. The smallest absolute Gasteiger partial charge is 0.162 e. The third-order valence-corrected chi connectivity index (χ3v) is 6.35. The molecule has 0 amide bonds. The molecule has 4 nitrogen and oxygen atoms in total. The predicted molar refractivity (Wildman–Crippen MR) is 135 cm³/mol. The summed E-state index contributed by atoms with van der Waals surface area (Å²) in [6.07, 6.45) is 5.01. The fourth-order valence-corrected chi connectivity index (χ4v) is 4.59. The van der Waals surface area contributed by atoms with Crippen molar-refractivity contribution in [3.8, 4) is 17.2 Å². The second-order valence-electron chi connectivity index (χ2n) is 8.38. The SMILES string of the molecule is CC1Cc2c(/C=C/c3ccc(Cl)cc3)nc(-c3ccccc3)nc2-n2c1nc1ccccc12. The molecule has 0 radical (unpaired) electrons. The molecule has 0 bridgehead atoms. The van der Waals surface area contributed by atoms with Gasteiger partial charge in [-0.2, -0.15) is 0 Å². The van der Waals surface area contributed by atoms with Gasteiger partial charge in [0.2, 0.25) is 0 Å². The zero-order valence-electron chi connectivity index (χ0n) is 18.1. The van der Waals surface area contributed by atoms with Gasteiger partial charge in [-0.25, -0.2) is 15.0 Å². The van der Waals surface area contributed by atoms with E-state index in [0.717, 1.165) is 56.5 Å². The number of para-hydroxylation sites is 2. The number of benzene rings is 3. The average Bonchev–Trinajstić information content (AvgIpc) is 3.25. The molecule has 3 heterocycles. The summed E-state index contributed by atoms with van der Waals surface area (Å²) in [6.45, 7) is 2.22. The summed E-state index contributed by atoms with van der Waals surface area (Å²) in [4.78, 5) is 15.0. The third-order valence-electron chi connectivity index (χ3n) is 6.10. The molecule has 0 spiro atoms. The Labute approximate surface area is 197 Å². The van der Waals surface area contributed by atoms with E-state index in [9.17, 15) is 0 Å². The largest absolute Gasteiger partial charge is 0.280 e. The minimum absolute atomic E-state index is 0.263. The zero-order valence-corrected chi connectivity index (χ0v) is 18.9. The van der Waals surface area contributed by atoms with Crippen LogP contribution in [0.1, 0.15) is 35.5 Å². The molecule has 5 heteroatoms. The van der Waals surface area contributed by atoms with Crippen molar-refractivity contribution in [3.63, 3.8) is 0 Å². The van der Waals surface area contributed by atoms with Crippen molar-refractivity contribution in [3.05, 3.63) is 107 Å². The van der Waals surface area contributed by atoms with E-state index < -0.39 is 0 Å². The summed E-state index contributed by atoms with van der Waals surface area (Å²) >= 11 is 6.06. The van der Waals surface area contributed by atoms with Crippen LogP contribution in [-0.2, 0) is 6.42 Å². The van der Waals surface area contributed by atoms with E-state index in [1.165, 1.54) is 0 Å². The molecular formula is C28H21ClN4. The fraction of sp³-hybridized carbons (Fsp3) is 0.107. The van der Waals surface area contributed by atoms with Crippen molar-refractivity contribution >= 4 is 34.8 Å². The normalized spacial score (nSPS) is 15.0. The van der Waals surface area contributed by atoms with Gasteiger partial charge in [0.25, 0.3) is 0 Å². The highest BCUT2D eigenvalue weighted by Crippen LogP contribution is 2.37. The van der Waals surface area contributed by atoms with Crippen LogP contribution in [0.3, 0.4) is 0 Å². The van der Waals surface area contributed by atoms with E-state index in [0.29, 0.717) is 5.82 Å². The third kappa shape index (κ3) is 3.53. The first kappa shape index (κ1) is 19.9. The lowest BCUT2D eigenvalue weighted by Gasteiger charge is -2.25. The van der Waals surface area contributed by atoms with Gasteiger partial charge in [-0.1, -0.05) is 79.2 Å². The maximum atomic E-state index is 6.06. The van der Waals surface area contributed by atoms with E-state index in [2.05, 4.69) is 41.8 Å². The highest BCUT2D eigenvalue weighted by atomic mass is 35.5. The molecule has 160 valence electrons. The van der Waals surface area contributed by atoms with Crippen LogP contribution < -0.4 is 0 Å². The summed E-state index contributed by atoms with van der Waals surface area (Å²) in [5, 5.41) is 0.728. The fourth-order valence-electron chi connectivity index (χ4n) is 4.47. The van der Waals surface area contributed by atoms with Crippen molar-refractivity contribution in [1.29, 1.82) is 0 Å². The lowest BCUT2D eigenvalue weighted by molar-refractivity contribution is 0.643. The van der Waals surface area contributed by atoms with E-state index in [-0.39, 0.29) is 5.92 Å². The molecule has 0 saturated heterocycles. The van der Waals surface area contributed by atoms with Crippen LogP contribution in [0.15, 0.2) is 78.9 Å². The van der Waals surface area contributed by atoms with Crippen LogP contribution in [0.2, 0.25) is 5.02 Å². The number of nitrogens with zero attached hydrogens (tertiary/aromatic N) is 4. The second kappa shape index (κ2) is 7.98. The van der Waals surface area contributed by atoms with Gasteiger partial charge in [0, 0.05) is 22.1 Å². The van der Waals surface area contributed by atoms with Gasteiger partial charge in [-0.15, -0.1) is 0 Å². The Kier molecular flexibility index (Phi) is 4.81. The van der Waals surface area contributed by atoms with Crippen LogP contribution >= 0.6 is 11.6 Å². The molecule has 1 atom stereocenters. The first-order valence-corrected chi connectivity index (χ1v) is 11.4. The Bertz CT molecular complexity index is 1500. The van der Waals surface area contributed by atoms with Crippen molar-refractivity contribution in [2.24, 2.45) is 0 Å². The number of fused-ring (bicyclic) bond motifs is 5. The molecule has 1 aliphatic heterocycles. The Hall–Kier alpha value is -3.76. The Balaban J connectivity index is 1.59. The quantitative estimate of drug-likeness (QED) is 0.299. The van der Waals surface area contributed by atoms with Crippen molar-refractivity contribution in [2.45, 2.75) is 19.3 Å². The van der Waals surface area contributed by atoms with Crippen LogP contribution in [0, 0.1) is 0 Å². The van der Waals surface area contributed by atoms with Gasteiger partial charge < -0.3 is 0 Å². The van der Waals surface area contributed by atoms with Crippen molar-refractivity contribution in [1.82, 2.24) is 19.5 Å². The molecule has 5 aromatic rings. The second-order valence-corrected chi connectivity index (χ2v) is 8.82. The summed E-state index contributed by atoms with van der Waals surface area (Å²) < 4.78 is 2.21. The molecular weight excluding hydrogens is 428 g/mol. The van der Waals surface area contributed by atoms with Crippen LogP contribution in [0.4, 0.5) is 0 Å². The first-order chi connectivity index (χ1) is 16.2. The summed E-state index contributed by atoms with van der Waals surface area (Å²) in [5.41, 5.74) is 6.21. The van der Waals surface area contributed by atoms with Crippen LogP contribution in [-0.4, -0.2) is 19.5 Å². The van der Waals surface area contributed by atoms with Gasteiger partial charge in [-0.3, -0.25) is 4.57 Å². The Morgan fingerprint density at radius 1 is 0.848 bits per heavy atom. The molecule has 0 N–H and O–H groups in total. The predicted octanol–water partition coefficient (Wildman–Crippen LogP) is 6.97. The summed E-state index contributed by atoms with van der Waals surface area (Å²) in [6, 6.07) is 26.2. The van der Waals surface area contributed by atoms with Gasteiger partial charge in [0.1, 0.15) is 11.6 Å². The molecule has 0 saturated carbocycles. The topological polar surface area (TPSA) is 43.6 Å². The highest BCUT2D eigenvalue weighted by molar-refractivity contribution is 6.30. The molecule has 0 aliphatic carbocycles. The van der Waals surface area contributed by atoms with Crippen LogP contribution in [0.25, 0.3) is 40.4 Å². The molecule has 33 heavy (non-hydrogen) atoms. The van der Waals surface area contributed by atoms with Crippen molar-refractivity contribution < 1.29 is 0 Å². The van der Waals surface area contributed by atoms with E-state index in [1.54, 1.807) is 0 Å². The Morgan fingerprint density at radius 3 is 2.42 bits per heavy atom. The lowest BCUT2D eigenvalue weighted by Crippen LogP contribution is -2.20. The van der Waals surface area contributed by atoms with Crippen LogP contribution in [0.5, 0.6) is 0 Å². The number of rotatable bonds is 3. The number of imidazole rings is 1. The van der Waals surface area contributed by atoms with Gasteiger partial charge in [-0.05, 0) is 42.3 Å². The standard InChI is InChI=1S/C28H21ClN4/c1-18-17-22-23(16-13-19-11-14-21(29)15-12-19)30-26(20-7-3-2-4-8-20)32-28(22)33-25-10-6-5-9-24(25)31-27(18)33/h2-16,18H,17H2,1H3/b16-13+. The van der Waals surface area contributed by atoms with E-state index in [4.69, 9.17) is 26.6 Å². The van der Waals surface area contributed by atoms with Gasteiger partial charge in [0.15, 0.2) is 5.82 Å². The lowest BCUT2D eigenvalue weighted by atomic mass is 9.95.